The number of piperidine rings is 1. The Balaban J connectivity index is 1.50. The first kappa shape index (κ1) is 26.9. The van der Waals surface area contributed by atoms with E-state index in [0.717, 1.165) is 27.0 Å². The number of nitrogens with one attached hydrogen (secondary N) is 1. The summed E-state index contributed by atoms with van der Waals surface area (Å²) >= 11 is 1.62. The van der Waals surface area contributed by atoms with Crippen molar-refractivity contribution in [1.29, 1.82) is 0 Å². The number of benzene rings is 1. The van der Waals surface area contributed by atoms with Crippen LogP contribution in [0, 0.1) is 17.3 Å². The van der Waals surface area contributed by atoms with Gasteiger partial charge in [-0.05, 0) is 55.3 Å². The van der Waals surface area contributed by atoms with Crippen LogP contribution in [0.4, 0.5) is 5.69 Å². The third kappa shape index (κ3) is 6.05. The van der Waals surface area contributed by atoms with Crippen molar-refractivity contribution in [1.82, 2.24) is 15.4 Å². The molecule has 1 unspecified atom stereocenters. The van der Waals surface area contributed by atoms with Crippen molar-refractivity contribution in [2.24, 2.45) is 5.41 Å². The molecule has 9 heteroatoms. The Kier molecular flexibility index (Phi) is 8.67. The van der Waals surface area contributed by atoms with E-state index >= 15 is 0 Å². The largest absolute Gasteiger partial charge is 0.497 e. The molecule has 196 valence electrons. The van der Waals surface area contributed by atoms with Gasteiger partial charge in [0.2, 0.25) is 5.91 Å². The number of hydrogen-bond acceptors (Lipinski definition) is 8. The van der Waals surface area contributed by atoms with Gasteiger partial charge < -0.3 is 14.7 Å². The SMILES string of the molecule is COc1ccc2ncc(N(C)C)c(C(O)CCC3(C(=O)NO)CCN(CC#Cc4cccs4)CC3)c2c1. The Hall–Kier alpha value is -3.16. The summed E-state index contributed by atoms with van der Waals surface area (Å²) in [4.78, 5) is 22.6. The third-order valence-electron chi connectivity index (χ3n) is 7.24. The molecule has 2 aromatic heterocycles. The summed E-state index contributed by atoms with van der Waals surface area (Å²) in [5.74, 6) is 6.69. The number of likely N-dealkylation sites (tertiary alicyclic amines) is 1. The molecule has 4 rings (SSSR count). The predicted octanol–water partition coefficient (Wildman–Crippen LogP) is 3.82. The number of carbonyl (C=O) groups is 1. The van der Waals surface area contributed by atoms with Crippen molar-refractivity contribution in [3.63, 3.8) is 0 Å². The molecule has 1 amide bonds. The number of rotatable bonds is 8. The Morgan fingerprint density at radius 1 is 1.32 bits per heavy atom. The van der Waals surface area contributed by atoms with Gasteiger partial charge in [-0.2, -0.15) is 0 Å². The number of pyridine rings is 1. The standard InChI is InChI=1S/C28H34N4O4S/c1-31(2)24-19-29-23-9-8-20(36-3)18-22(23)26(24)25(33)10-11-28(27(34)30-35)12-15-32(16-13-28)14-4-6-21-7-5-17-37-21/h5,7-9,17-19,25,33,35H,10-16H2,1-3H3,(H,30,34). The molecule has 0 bridgehead atoms. The first-order valence-electron chi connectivity index (χ1n) is 12.4. The summed E-state index contributed by atoms with van der Waals surface area (Å²) in [5.41, 5.74) is 3.47. The number of nitrogens with zero attached hydrogens (tertiary/aromatic N) is 3. The molecule has 1 atom stereocenters. The topological polar surface area (TPSA) is 98.2 Å². The normalized spacial score (nSPS) is 16.0. The Morgan fingerprint density at radius 3 is 2.76 bits per heavy atom. The minimum atomic E-state index is -0.826. The lowest BCUT2D eigenvalue weighted by atomic mass is 9.73. The number of aromatic nitrogens is 1. The van der Waals surface area contributed by atoms with Crippen LogP contribution in [0.15, 0.2) is 41.9 Å². The van der Waals surface area contributed by atoms with Crippen LogP contribution < -0.4 is 15.1 Å². The molecule has 0 radical (unpaired) electrons. The van der Waals surface area contributed by atoms with Crippen LogP contribution in [0.25, 0.3) is 10.9 Å². The lowest BCUT2D eigenvalue weighted by molar-refractivity contribution is -0.143. The lowest BCUT2D eigenvalue weighted by Gasteiger charge is -2.40. The molecular weight excluding hydrogens is 488 g/mol. The minimum Gasteiger partial charge on any atom is -0.497 e. The zero-order chi connectivity index (χ0) is 26.4. The van der Waals surface area contributed by atoms with Gasteiger partial charge in [0.15, 0.2) is 0 Å². The maximum Gasteiger partial charge on any atom is 0.249 e. The molecule has 3 heterocycles. The van der Waals surface area contributed by atoms with Crippen LogP contribution in [-0.2, 0) is 4.79 Å². The fraction of sp³-hybridized carbons (Fsp3) is 0.429. The molecule has 1 aliphatic heterocycles. The molecule has 1 aliphatic rings. The summed E-state index contributed by atoms with van der Waals surface area (Å²) < 4.78 is 5.42. The number of hydroxylamine groups is 1. The highest BCUT2D eigenvalue weighted by Gasteiger charge is 2.41. The van der Waals surface area contributed by atoms with Crippen molar-refractivity contribution >= 4 is 33.8 Å². The number of aliphatic hydroxyl groups excluding tert-OH is 1. The van der Waals surface area contributed by atoms with Crippen molar-refractivity contribution < 1.29 is 19.8 Å². The quantitative estimate of drug-likeness (QED) is 0.235. The Morgan fingerprint density at radius 2 is 2.11 bits per heavy atom. The van der Waals surface area contributed by atoms with Gasteiger partial charge in [-0.15, -0.1) is 11.3 Å². The number of hydrogen-bond donors (Lipinski definition) is 3. The van der Waals surface area contributed by atoms with Gasteiger partial charge in [-0.3, -0.25) is 19.9 Å². The van der Waals surface area contributed by atoms with Crippen LogP contribution in [0.2, 0.25) is 0 Å². The second kappa shape index (κ2) is 11.9. The first-order valence-corrected chi connectivity index (χ1v) is 13.3. The molecule has 0 aliphatic carbocycles. The monoisotopic (exact) mass is 522 g/mol. The van der Waals surface area contributed by atoms with E-state index in [4.69, 9.17) is 4.74 Å². The predicted molar refractivity (Wildman–Crippen MR) is 146 cm³/mol. The summed E-state index contributed by atoms with van der Waals surface area (Å²) in [7, 11) is 5.44. The fourth-order valence-corrected chi connectivity index (χ4v) is 5.60. The zero-order valence-electron chi connectivity index (χ0n) is 21.5. The number of aliphatic hydroxyl groups is 1. The number of fused-ring (bicyclic) bond motifs is 1. The van der Waals surface area contributed by atoms with Crippen molar-refractivity contribution in [2.75, 3.05) is 45.7 Å². The number of ether oxygens (including phenoxy) is 1. The van der Waals surface area contributed by atoms with E-state index in [1.165, 1.54) is 0 Å². The highest BCUT2D eigenvalue weighted by Crippen LogP contribution is 2.41. The Bertz CT molecular complexity index is 1270. The van der Waals surface area contributed by atoms with Crippen LogP contribution in [0.3, 0.4) is 0 Å². The highest BCUT2D eigenvalue weighted by molar-refractivity contribution is 7.10. The van der Waals surface area contributed by atoms with E-state index in [-0.39, 0.29) is 0 Å². The van der Waals surface area contributed by atoms with Gasteiger partial charge >= 0.3 is 0 Å². The minimum absolute atomic E-state index is 0.364. The highest BCUT2D eigenvalue weighted by atomic mass is 32.1. The van der Waals surface area contributed by atoms with Gasteiger partial charge in [0, 0.05) is 38.1 Å². The first-order chi connectivity index (χ1) is 17.9. The van der Waals surface area contributed by atoms with Crippen molar-refractivity contribution in [2.45, 2.75) is 31.8 Å². The van der Waals surface area contributed by atoms with Crippen LogP contribution in [0.5, 0.6) is 5.75 Å². The van der Waals surface area contributed by atoms with E-state index in [0.29, 0.717) is 51.1 Å². The fourth-order valence-electron chi connectivity index (χ4n) is 5.01. The second-order valence-electron chi connectivity index (χ2n) is 9.67. The van der Waals surface area contributed by atoms with Gasteiger partial charge in [0.25, 0.3) is 0 Å². The van der Waals surface area contributed by atoms with E-state index in [2.05, 4.69) is 21.7 Å². The summed E-state index contributed by atoms with van der Waals surface area (Å²) in [6, 6.07) is 9.60. The molecule has 1 saturated heterocycles. The molecule has 37 heavy (non-hydrogen) atoms. The average molecular weight is 523 g/mol. The van der Waals surface area contributed by atoms with Gasteiger partial charge in [0.1, 0.15) is 5.75 Å². The van der Waals surface area contributed by atoms with Crippen LogP contribution >= 0.6 is 11.3 Å². The van der Waals surface area contributed by atoms with Gasteiger partial charge in [-0.25, -0.2) is 5.48 Å². The zero-order valence-corrected chi connectivity index (χ0v) is 22.3. The van der Waals surface area contributed by atoms with Crippen molar-refractivity contribution in [3.8, 4) is 17.6 Å². The lowest BCUT2D eigenvalue weighted by Crippen LogP contribution is -2.48. The Labute approximate surface area is 221 Å². The number of anilines is 1. The number of thiophene rings is 1. The van der Waals surface area contributed by atoms with Gasteiger partial charge in [0.05, 0.1) is 47.5 Å². The average Bonchev–Trinajstić information content (AvgIpc) is 3.44. The second-order valence-corrected chi connectivity index (χ2v) is 10.6. The van der Waals surface area contributed by atoms with E-state index < -0.39 is 17.4 Å². The van der Waals surface area contributed by atoms with Crippen molar-refractivity contribution in [3.05, 3.63) is 52.3 Å². The third-order valence-corrected chi connectivity index (χ3v) is 8.02. The van der Waals surface area contributed by atoms with Crippen LogP contribution in [0.1, 0.15) is 42.2 Å². The molecule has 8 nitrogen and oxygen atoms in total. The maximum atomic E-state index is 12.9. The summed E-state index contributed by atoms with van der Waals surface area (Å²) in [6.45, 7) is 2.02. The molecule has 0 saturated carbocycles. The summed E-state index contributed by atoms with van der Waals surface area (Å²) in [5, 5.41) is 23.8. The maximum absolute atomic E-state index is 12.9. The van der Waals surface area contributed by atoms with Gasteiger partial charge in [-0.1, -0.05) is 17.9 Å². The molecule has 3 N–H and O–H groups in total. The number of carbonyl (C=O) groups excluding carboxylic acids is 1. The van der Waals surface area contributed by atoms with E-state index in [9.17, 15) is 15.1 Å². The molecule has 3 aromatic rings. The van der Waals surface area contributed by atoms with E-state index in [1.54, 1.807) is 24.6 Å². The molecule has 0 spiro atoms. The number of amides is 1. The summed E-state index contributed by atoms with van der Waals surface area (Å²) in [6.07, 6.45) is 2.90. The molecule has 1 aromatic carbocycles. The molecule has 1 fully saturated rings. The molecular formula is C28H34N4O4S. The van der Waals surface area contributed by atoms with Crippen LogP contribution in [-0.4, -0.2) is 66.9 Å². The smallest absolute Gasteiger partial charge is 0.249 e. The van der Waals surface area contributed by atoms with E-state index in [1.807, 2.05) is 60.2 Å². The number of methoxy groups -OCH3 is 1.